The highest BCUT2D eigenvalue weighted by molar-refractivity contribution is 5.23. The van der Waals surface area contributed by atoms with E-state index in [4.69, 9.17) is 0 Å². The van der Waals surface area contributed by atoms with E-state index in [0.717, 1.165) is 12.1 Å². The molecule has 1 aliphatic rings. The Balaban J connectivity index is 2.20. The molecule has 0 saturated carbocycles. The second-order valence-corrected chi connectivity index (χ2v) is 4.39. The predicted octanol–water partition coefficient (Wildman–Crippen LogP) is 3.06. The van der Waals surface area contributed by atoms with Crippen LogP contribution in [0.1, 0.15) is 18.4 Å². The van der Waals surface area contributed by atoms with Crippen molar-refractivity contribution in [2.75, 3.05) is 13.1 Å². The van der Waals surface area contributed by atoms with E-state index in [9.17, 15) is 17.6 Å². The molecule has 2 rings (SSSR count). The van der Waals surface area contributed by atoms with Crippen LogP contribution in [0.2, 0.25) is 0 Å². The van der Waals surface area contributed by atoms with Gasteiger partial charge in [0, 0.05) is 6.42 Å². The summed E-state index contributed by atoms with van der Waals surface area (Å²) in [5, 5.41) is 2.97. The SMILES string of the molecule is Fc1ccc(F)c(C(F)(F)CC2CCNC2)c1. The number of hydrogen-bond donors (Lipinski definition) is 1. The fourth-order valence-electron chi connectivity index (χ4n) is 2.14. The summed E-state index contributed by atoms with van der Waals surface area (Å²) < 4.78 is 53.8. The van der Waals surface area contributed by atoms with Crippen LogP contribution in [0.4, 0.5) is 17.6 Å². The predicted molar refractivity (Wildman–Crippen MR) is 55.8 cm³/mol. The first-order valence-electron chi connectivity index (χ1n) is 5.53. The first kappa shape index (κ1) is 12.4. The zero-order valence-electron chi connectivity index (χ0n) is 9.15. The molecule has 1 aromatic carbocycles. The van der Waals surface area contributed by atoms with Crippen molar-refractivity contribution in [3.63, 3.8) is 0 Å². The zero-order chi connectivity index (χ0) is 12.5. The molecule has 0 bridgehead atoms. The number of alkyl halides is 2. The second-order valence-electron chi connectivity index (χ2n) is 4.39. The van der Waals surface area contributed by atoms with Crippen LogP contribution in [0.25, 0.3) is 0 Å². The highest BCUT2D eigenvalue weighted by Crippen LogP contribution is 2.37. The molecule has 1 saturated heterocycles. The van der Waals surface area contributed by atoms with Crippen LogP contribution in [-0.2, 0) is 5.92 Å². The number of hydrogen-bond acceptors (Lipinski definition) is 1. The van der Waals surface area contributed by atoms with E-state index in [2.05, 4.69) is 5.32 Å². The van der Waals surface area contributed by atoms with Crippen molar-refractivity contribution in [3.8, 4) is 0 Å². The average molecular weight is 247 g/mol. The smallest absolute Gasteiger partial charge is 0.276 e. The van der Waals surface area contributed by atoms with Gasteiger partial charge in [-0.05, 0) is 43.6 Å². The van der Waals surface area contributed by atoms with Gasteiger partial charge in [-0.25, -0.2) is 17.6 Å². The van der Waals surface area contributed by atoms with Crippen LogP contribution in [-0.4, -0.2) is 13.1 Å². The minimum Gasteiger partial charge on any atom is -0.316 e. The standard InChI is InChI=1S/C12H13F4N/c13-9-1-2-11(14)10(5-9)12(15,16)6-8-3-4-17-7-8/h1-2,5,8,17H,3-4,6-7H2. The Kier molecular flexibility index (Phi) is 3.38. The lowest BCUT2D eigenvalue weighted by atomic mass is 9.95. The Morgan fingerprint density at radius 1 is 1.29 bits per heavy atom. The van der Waals surface area contributed by atoms with Gasteiger partial charge in [-0.1, -0.05) is 0 Å². The van der Waals surface area contributed by atoms with Crippen LogP contribution < -0.4 is 5.32 Å². The average Bonchev–Trinajstić information content (AvgIpc) is 2.73. The van der Waals surface area contributed by atoms with Gasteiger partial charge in [-0.15, -0.1) is 0 Å². The lowest BCUT2D eigenvalue weighted by molar-refractivity contribution is -0.0302. The maximum Gasteiger partial charge on any atom is 0.276 e. The maximum atomic E-state index is 13.8. The largest absolute Gasteiger partial charge is 0.316 e. The van der Waals surface area contributed by atoms with Gasteiger partial charge in [-0.2, -0.15) is 0 Å². The number of halogens is 4. The molecule has 5 heteroatoms. The Labute approximate surface area is 96.8 Å². The van der Waals surface area contributed by atoms with Crippen molar-refractivity contribution in [3.05, 3.63) is 35.4 Å². The van der Waals surface area contributed by atoms with Gasteiger partial charge < -0.3 is 5.32 Å². The summed E-state index contributed by atoms with van der Waals surface area (Å²) >= 11 is 0. The molecular formula is C12H13F4N. The van der Waals surface area contributed by atoms with Gasteiger partial charge in [0.05, 0.1) is 5.56 Å². The van der Waals surface area contributed by atoms with Gasteiger partial charge >= 0.3 is 0 Å². The summed E-state index contributed by atoms with van der Waals surface area (Å²) in [6.07, 6.45) is 0.201. The number of benzene rings is 1. The van der Waals surface area contributed by atoms with Crippen molar-refractivity contribution in [1.82, 2.24) is 5.32 Å². The Morgan fingerprint density at radius 3 is 2.71 bits per heavy atom. The van der Waals surface area contributed by atoms with Crippen LogP contribution in [0.15, 0.2) is 18.2 Å². The van der Waals surface area contributed by atoms with E-state index in [1.807, 2.05) is 0 Å². The molecule has 1 atom stereocenters. The molecule has 0 spiro atoms. The van der Waals surface area contributed by atoms with Crippen LogP contribution in [0.5, 0.6) is 0 Å². The minimum absolute atomic E-state index is 0.187. The van der Waals surface area contributed by atoms with E-state index in [0.29, 0.717) is 25.6 Å². The molecule has 0 aromatic heterocycles. The van der Waals surface area contributed by atoms with E-state index >= 15 is 0 Å². The minimum atomic E-state index is -3.32. The Bertz CT molecular complexity index is 399. The molecule has 1 aliphatic heterocycles. The molecule has 1 N–H and O–H groups in total. The first-order valence-corrected chi connectivity index (χ1v) is 5.53. The highest BCUT2D eigenvalue weighted by Gasteiger charge is 2.38. The second kappa shape index (κ2) is 4.64. The van der Waals surface area contributed by atoms with Crippen LogP contribution in [0, 0.1) is 17.6 Å². The van der Waals surface area contributed by atoms with E-state index < -0.39 is 29.5 Å². The van der Waals surface area contributed by atoms with E-state index in [1.54, 1.807) is 0 Å². The first-order chi connectivity index (χ1) is 7.99. The van der Waals surface area contributed by atoms with E-state index in [1.165, 1.54) is 0 Å². The molecule has 1 heterocycles. The molecule has 1 unspecified atom stereocenters. The van der Waals surface area contributed by atoms with Crippen LogP contribution in [0.3, 0.4) is 0 Å². The Morgan fingerprint density at radius 2 is 2.06 bits per heavy atom. The fraction of sp³-hybridized carbons (Fsp3) is 0.500. The third kappa shape index (κ3) is 2.77. The normalized spacial score (nSPS) is 20.8. The molecule has 0 amide bonds. The van der Waals surface area contributed by atoms with Crippen molar-refractivity contribution in [2.24, 2.45) is 5.92 Å². The fourth-order valence-corrected chi connectivity index (χ4v) is 2.14. The summed E-state index contributed by atoms with van der Waals surface area (Å²) in [6.45, 7) is 1.21. The number of nitrogens with one attached hydrogen (secondary N) is 1. The molecule has 1 fully saturated rings. The molecule has 1 aromatic rings. The summed E-state index contributed by atoms with van der Waals surface area (Å²) in [5.74, 6) is -5.40. The lowest BCUT2D eigenvalue weighted by Crippen LogP contribution is -2.22. The van der Waals surface area contributed by atoms with Crippen molar-refractivity contribution in [1.29, 1.82) is 0 Å². The molecule has 1 nitrogen and oxygen atoms in total. The summed E-state index contributed by atoms with van der Waals surface area (Å²) in [7, 11) is 0. The summed E-state index contributed by atoms with van der Waals surface area (Å²) in [6, 6.07) is 2.16. The van der Waals surface area contributed by atoms with Crippen LogP contribution >= 0.6 is 0 Å². The summed E-state index contributed by atoms with van der Waals surface area (Å²) in [5.41, 5.74) is -0.843. The topological polar surface area (TPSA) is 12.0 Å². The Hall–Kier alpha value is -1.10. The summed E-state index contributed by atoms with van der Waals surface area (Å²) in [4.78, 5) is 0. The van der Waals surface area contributed by atoms with Gasteiger partial charge in [0.15, 0.2) is 0 Å². The highest BCUT2D eigenvalue weighted by atomic mass is 19.3. The third-order valence-corrected chi connectivity index (χ3v) is 3.03. The molecule has 94 valence electrons. The van der Waals surface area contributed by atoms with Gasteiger partial charge in [0.2, 0.25) is 0 Å². The molecule has 0 aliphatic carbocycles. The van der Waals surface area contributed by atoms with Gasteiger partial charge in [0.25, 0.3) is 5.92 Å². The lowest BCUT2D eigenvalue weighted by Gasteiger charge is -2.20. The maximum absolute atomic E-state index is 13.8. The van der Waals surface area contributed by atoms with Crippen molar-refractivity contribution < 1.29 is 17.6 Å². The van der Waals surface area contributed by atoms with Crippen molar-refractivity contribution in [2.45, 2.75) is 18.8 Å². The molecule has 0 radical (unpaired) electrons. The zero-order valence-corrected chi connectivity index (χ0v) is 9.15. The monoisotopic (exact) mass is 247 g/mol. The third-order valence-electron chi connectivity index (χ3n) is 3.03. The number of rotatable bonds is 3. The van der Waals surface area contributed by atoms with E-state index in [-0.39, 0.29) is 5.92 Å². The van der Waals surface area contributed by atoms with Crippen molar-refractivity contribution >= 4 is 0 Å². The molecule has 17 heavy (non-hydrogen) atoms. The quantitative estimate of drug-likeness (QED) is 0.809. The molecular weight excluding hydrogens is 234 g/mol. The van der Waals surface area contributed by atoms with Gasteiger partial charge in [0.1, 0.15) is 11.6 Å². The van der Waals surface area contributed by atoms with Gasteiger partial charge in [-0.3, -0.25) is 0 Å².